The number of thiazole rings is 1. The van der Waals surface area contributed by atoms with Crippen molar-refractivity contribution in [3.05, 3.63) is 59.5 Å². The number of nitrogens with zero attached hydrogens (tertiary/aromatic N) is 2. The number of ether oxygens (including phenoxy) is 1. The van der Waals surface area contributed by atoms with Gasteiger partial charge in [-0.1, -0.05) is 29.8 Å². The van der Waals surface area contributed by atoms with Crippen LogP contribution in [0.3, 0.4) is 0 Å². The number of carbonyl (C=O) groups excluding carboxylic acids is 1. The number of rotatable bonds is 5. The first-order valence-electron chi connectivity index (χ1n) is 8.36. The van der Waals surface area contributed by atoms with Gasteiger partial charge in [0.05, 0.1) is 12.8 Å². The molecule has 0 unspecified atom stereocenters. The summed E-state index contributed by atoms with van der Waals surface area (Å²) in [5.74, 6) is 0.748. The summed E-state index contributed by atoms with van der Waals surface area (Å²) < 4.78 is 5.13. The molecule has 2 aromatic carbocycles. The molecule has 3 rings (SSSR count). The van der Waals surface area contributed by atoms with Crippen molar-refractivity contribution >= 4 is 28.2 Å². The van der Waals surface area contributed by atoms with E-state index in [0.717, 1.165) is 17.0 Å². The molecule has 0 radical (unpaired) electrons. The van der Waals surface area contributed by atoms with Crippen LogP contribution in [0, 0.1) is 6.92 Å². The summed E-state index contributed by atoms with van der Waals surface area (Å²) in [6, 6.07) is 15.2. The molecule has 1 N–H and O–H groups in total. The number of benzene rings is 2. The summed E-state index contributed by atoms with van der Waals surface area (Å²) in [6.07, 6.45) is 0. The molecule has 0 bridgehead atoms. The van der Waals surface area contributed by atoms with Gasteiger partial charge >= 0.3 is 6.03 Å². The third-order valence-electron chi connectivity index (χ3n) is 3.97. The zero-order chi connectivity index (χ0) is 18.5. The second-order valence-electron chi connectivity index (χ2n) is 5.78. The van der Waals surface area contributed by atoms with Crippen LogP contribution in [0.4, 0.5) is 15.6 Å². The van der Waals surface area contributed by atoms with Crippen molar-refractivity contribution in [1.29, 1.82) is 0 Å². The summed E-state index contributed by atoms with van der Waals surface area (Å²) in [5.41, 5.74) is 3.84. The number of aryl methyl sites for hydroxylation is 1. The number of carbonyl (C=O) groups is 1. The first-order valence-corrected chi connectivity index (χ1v) is 9.24. The minimum absolute atomic E-state index is 0.206. The maximum absolute atomic E-state index is 12.6. The van der Waals surface area contributed by atoms with E-state index in [0.29, 0.717) is 17.4 Å². The molecule has 3 aromatic rings. The van der Waals surface area contributed by atoms with Gasteiger partial charge in [-0.3, -0.25) is 4.90 Å². The van der Waals surface area contributed by atoms with Crippen LogP contribution < -0.4 is 15.0 Å². The molecule has 5 nitrogen and oxygen atoms in total. The van der Waals surface area contributed by atoms with Crippen molar-refractivity contribution in [2.24, 2.45) is 0 Å². The molecule has 1 aromatic heterocycles. The molecule has 0 atom stereocenters. The fraction of sp³-hybridized carbons (Fsp3) is 0.200. The van der Waals surface area contributed by atoms with E-state index in [9.17, 15) is 4.79 Å². The SMILES string of the molecule is CCN(C(=O)Nc1ccc(OC)cc1)c1nc(-c2ccc(C)cc2)cs1. The maximum Gasteiger partial charge on any atom is 0.328 e. The largest absolute Gasteiger partial charge is 0.497 e. The molecule has 0 spiro atoms. The van der Waals surface area contributed by atoms with E-state index in [2.05, 4.69) is 29.4 Å². The fourth-order valence-corrected chi connectivity index (χ4v) is 3.37. The second kappa shape index (κ2) is 8.01. The lowest BCUT2D eigenvalue weighted by Crippen LogP contribution is -2.34. The molecular formula is C20H21N3O2S. The molecule has 0 aliphatic heterocycles. The van der Waals surface area contributed by atoms with Gasteiger partial charge in [0.1, 0.15) is 5.75 Å². The third kappa shape index (κ3) is 4.03. The molecule has 0 fully saturated rings. The van der Waals surface area contributed by atoms with Crippen molar-refractivity contribution in [3.63, 3.8) is 0 Å². The van der Waals surface area contributed by atoms with Gasteiger partial charge in [0, 0.05) is 23.2 Å². The van der Waals surface area contributed by atoms with Crippen LogP contribution in [0.2, 0.25) is 0 Å². The highest BCUT2D eigenvalue weighted by Crippen LogP contribution is 2.28. The predicted molar refractivity (Wildman–Crippen MR) is 107 cm³/mol. The molecule has 0 saturated heterocycles. The lowest BCUT2D eigenvalue weighted by Gasteiger charge is -2.18. The molecule has 0 aliphatic carbocycles. The van der Waals surface area contributed by atoms with Gasteiger partial charge in [0.2, 0.25) is 0 Å². The van der Waals surface area contributed by atoms with Crippen LogP contribution in [0.5, 0.6) is 5.75 Å². The Morgan fingerprint density at radius 2 is 1.85 bits per heavy atom. The normalized spacial score (nSPS) is 10.4. The molecule has 134 valence electrons. The summed E-state index contributed by atoms with van der Waals surface area (Å²) in [4.78, 5) is 18.9. The molecule has 2 amide bonds. The molecule has 26 heavy (non-hydrogen) atoms. The molecular weight excluding hydrogens is 346 g/mol. The maximum atomic E-state index is 12.6. The number of hydrogen-bond donors (Lipinski definition) is 1. The van der Waals surface area contributed by atoms with Crippen LogP contribution in [-0.4, -0.2) is 24.7 Å². The Morgan fingerprint density at radius 1 is 1.15 bits per heavy atom. The van der Waals surface area contributed by atoms with Crippen LogP contribution in [-0.2, 0) is 0 Å². The lowest BCUT2D eigenvalue weighted by atomic mass is 10.1. The molecule has 0 saturated carbocycles. The Morgan fingerprint density at radius 3 is 2.46 bits per heavy atom. The Bertz CT molecular complexity index is 873. The Labute approximate surface area is 157 Å². The number of amides is 2. The summed E-state index contributed by atoms with van der Waals surface area (Å²) >= 11 is 1.46. The van der Waals surface area contributed by atoms with Gasteiger partial charge in [-0.25, -0.2) is 9.78 Å². The minimum atomic E-state index is -0.206. The quantitative estimate of drug-likeness (QED) is 0.675. The Kier molecular flexibility index (Phi) is 5.53. The Hall–Kier alpha value is -2.86. The fourth-order valence-electron chi connectivity index (χ4n) is 2.48. The van der Waals surface area contributed by atoms with Gasteiger partial charge in [-0.2, -0.15) is 0 Å². The highest BCUT2D eigenvalue weighted by Gasteiger charge is 2.18. The van der Waals surface area contributed by atoms with Gasteiger partial charge < -0.3 is 10.1 Å². The van der Waals surface area contributed by atoms with Crippen molar-refractivity contribution in [2.45, 2.75) is 13.8 Å². The van der Waals surface area contributed by atoms with E-state index in [1.54, 1.807) is 12.0 Å². The summed E-state index contributed by atoms with van der Waals surface area (Å²) in [5, 5.41) is 5.55. The van der Waals surface area contributed by atoms with Crippen molar-refractivity contribution in [2.75, 3.05) is 23.9 Å². The summed E-state index contributed by atoms with van der Waals surface area (Å²) in [7, 11) is 1.61. The third-order valence-corrected chi connectivity index (χ3v) is 4.84. The molecule has 0 aliphatic rings. The van der Waals surface area contributed by atoms with Crippen LogP contribution in [0.25, 0.3) is 11.3 Å². The monoisotopic (exact) mass is 367 g/mol. The van der Waals surface area contributed by atoms with Crippen molar-refractivity contribution in [3.8, 4) is 17.0 Å². The van der Waals surface area contributed by atoms with E-state index >= 15 is 0 Å². The van der Waals surface area contributed by atoms with Gasteiger partial charge in [-0.15, -0.1) is 11.3 Å². The standard InChI is InChI=1S/C20H21N3O2S/c1-4-23(19(24)21-16-9-11-17(25-3)12-10-16)20-22-18(13-26-20)15-7-5-14(2)6-8-15/h5-13H,4H2,1-3H3,(H,21,24). The average Bonchev–Trinajstić information content (AvgIpc) is 3.13. The number of methoxy groups -OCH3 is 1. The Balaban J connectivity index is 1.75. The first kappa shape index (κ1) is 17.9. The lowest BCUT2D eigenvalue weighted by molar-refractivity contribution is 0.257. The van der Waals surface area contributed by atoms with E-state index < -0.39 is 0 Å². The highest BCUT2D eigenvalue weighted by molar-refractivity contribution is 7.14. The van der Waals surface area contributed by atoms with Crippen molar-refractivity contribution in [1.82, 2.24) is 4.98 Å². The van der Waals surface area contributed by atoms with E-state index in [-0.39, 0.29) is 6.03 Å². The van der Waals surface area contributed by atoms with Gasteiger partial charge in [0.25, 0.3) is 0 Å². The number of hydrogen-bond acceptors (Lipinski definition) is 4. The van der Waals surface area contributed by atoms with E-state index in [1.165, 1.54) is 16.9 Å². The van der Waals surface area contributed by atoms with Crippen LogP contribution >= 0.6 is 11.3 Å². The molecule has 6 heteroatoms. The minimum Gasteiger partial charge on any atom is -0.497 e. The van der Waals surface area contributed by atoms with Gasteiger partial charge in [-0.05, 0) is 38.1 Å². The van der Waals surface area contributed by atoms with Crippen molar-refractivity contribution < 1.29 is 9.53 Å². The zero-order valence-corrected chi connectivity index (χ0v) is 15.8. The summed E-state index contributed by atoms with van der Waals surface area (Å²) in [6.45, 7) is 4.52. The van der Waals surface area contributed by atoms with E-state index in [1.807, 2.05) is 48.7 Å². The number of nitrogens with one attached hydrogen (secondary N) is 1. The van der Waals surface area contributed by atoms with Crippen LogP contribution in [0.1, 0.15) is 12.5 Å². The first-order chi connectivity index (χ1) is 12.6. The smallest absolute Gasteiger partial charge is 0.328 e. The average molecular weight is 367 g/mol. The second-order valence-corrected chi connectivity index (χ2v) is 6.62. The van der Waals surface area contributed by atoms with Gasteiger partial charge in [0.15, 0.2) is 5.13 Å². The van der Waals surface area contributed by atoms with E-state index in [4.69, 9.17) is 4.74 Å². The topological polar surface area (TPSA) is 54.5 Å². The number of urea groups is 1. The van der Waals surface area contributed by atoms with Crippen LogP contribution in [0.15, 0.2) is 53.9 Å². The zero-order valence-electron chi connectivity index (χ0n) is 15.0. The number of aromatic nitrogens is 1. The highest BCUT2D eigenvalue weighted by atomic mass is 32.1. The predicted octanol–water partition coefficient (Wildman–Crippen LogP) is 5.19. The number of anilines is 2. The molecule has 1 heterocycles.